The number of carbonyl (C=O) groups is 1. The molecular weight excluding hydrogens is 711 g/mol. The molecule has 0 bridgehead atoms. The molecule has 0 N–H and O–H groups in total. The molecule has 1 aliphatic carbocycles. The predicted octanol–water partition coefficient (Wildman–Crippen LogP) is 9.46. The lowest BCUT2D eigenvalue weighted by atomic mass is 9.98. The van der Waals surface area contributed by atoms with Gasteiger partial charge < -0.3 is 42.8 Å². The molecule has 0 fully saturated rings. The van der Waals surface area contributed by atoms with Gasteiger partial charge in [-0.05, 0) is 28.7 Å². The summed E-state index contributed by atoms with van der Waals surface area (Å²) in [4.78, 5) is 14.2. The summed E-state index contributed by atoms with van der Waals surface area (Å²) in [5.74, 6) is 0.0461. The Balaban J connectivity index is 0.961. The van der Waals surface area contributed by atoms with Crippen LogP contribution in [0.25, 0.3) is 11.1 Å². The first-order valence-electron chi connectivity index (χ1n) is 21.8. The Bertz CT molecular complexity index is 1190. The normalized spacial score (nSPS) is 12.2. The Hall–Kier alpha value is -2.57. The van der Waals surface area contributed by atoms with Gasteiger partial charge in [-0.25, -0.2) is 4.79 Å². The van der Waals surface area contributed by atoms with Crippen LogP contribution in [-0.2, 0) is 37.9 Å². The van der Waals surface area contributed by atoms with Crippen LogP contribution in [0, 0.1) is 0 Å². The average molecular weight is 786 g/mol. The third-order valence-corrected chi connectivity index (χ3v) is 10.1. The highest BCUT2D eigenvalue weighted by Crippen LogP contribution is 2.44. The van der Waals surface area contributed by atoms with Crippen molar-refractivity contribution in [3.63, 3.8) is 0 Å². The van der Waals surface area contributed by atoms with Gasteiger partial charge in [0.15, 0.2) is 0 Å². The number of unbranched alkanes of at least 4 members (excludes halogenated alkanes) is 13. The Morgan fingerprint density at radius 1 is 0.464 bits per heavy atom. The maximum Gasteiger partial charge on any atom is 0.409 e. The topological polar surface area (TPSA) is 94.2 Å². The summed E-state index contributed by atoms with van der Waals surface area (Å²) < 4.78 is 44.8. The predicted molar refractivity (Wildman–Crippen MR) is 224 cm³/mol. The second kappa shape index (κ2) is 33.4. The molecule has 318 valence electrons. The number of carbonyl (C=O) groups excluding carboxylic acids is 1. The Labute approximate surface area is 339 Å². The van der Waals surface area contributed by atoms with Crippen molar-refractivity contribution in [2.45, 2.75) is 103 Å². The highest BCUT2D eigenvalue weighted by atomic mass is 16.6. The molecule has 2 aromatic carbocycles. The van der Waals surface area contributed by atoms with Gasteiger partial charge in [-0.1, -0.05) is 139 Å². The van der Waals surface area contributed by atoms with Gasteiger partial charge in [0, 0.05) is 26.1 Å². The first-order chi connectivity index (χ1) is 27.7. The van der Waals surface area contributed by atoms with Crippen molar-refractivity contribution < 1.29 is 42.7 Å². The van der Waals surface area contributed by atoms with Gasteiger partial charge >= 0.3 is 6.09 Å². The van der Waals surface area contributed by atoms with Crippen LogP contribution in [-0.4, -0.2) is 124 Å². The molecule has 0 unspecified atom stereocenters. The minimum absolute atomic E-state index is 0.0461. The van der Waals surface area contributed by atoms with Crippen molar-refractivity contribution in [3.05, 3.63) is 59.7 Å². The summed E-state index contributed by atoms with van der Waals surface area (Å²) in [6.45, 7) is 10.6. The molecule has 3 rings (SSSR count). The molecule has 0 saturated carbocycles. The zero-order chi connectivity index (χ0) is 39.6. The monoisotopic (exact) mass is 786 g/mol. The second-order valence-corrected chi connectivity index (χ2v) is 14.6. The van der Waals surface area contributed by atoms with E-state index in [0.29, 0.717) is 99.0 Å². The molecule has 2 aromatic rings. The second-order valence-electron chi connectivity index (χ2n) is 14.6. The van der Waals surface area contributed by atoms with E-state index in [1.807, 2.05) is 24.3 Å². The first-order valence-corrected chi connectivity index (χ1v) is 21.8. The molecule has 0 saturated heterocycles. The fourth-order valence-corrected chi connectivity index (χ4v) is 6.82. The lowest BCUT2D eigenvalue weighted by Crippen LogP contribution is -2.32. The van der Waals surface area contributed by atoms with Gasteiger partial charge in [0.1, 0.15) is 6.61 Å². The van der Waals surface area contributed by atoms with Gasteiger partial charge in [-0.15, -0.1) is 0 Å². The fraction of sp³-hybridized carbons (Fsp3) is 0.717. The van der Waals surface area contributed by atoms with E-state index in [2.05, 4.69) is 31.2 Å². The third-order valence-electron chi connectivity index (χ3n) is 10.1. The van der Waals surface area contributed by atoms with Crippen LogP contribution >= 0.6 is 0 Å². The maximum atomic E-state index is 12.6. The summed E-state index contributed by atoms with van der Waals surface area (Å²) in [6.07, 6.45) is 18.9. The molecule has 1 aliphatic rings. The van der Waals surface area contributed by atoms with Crippen molar-refractivity contribution in [1.82, 2.24) is 4.90 Å². The van der Waals surface area contributed by atoms with Crippen LogP contribution < -0.4 is 0 Å². The third kappa shape index (κ3) is 21.8. The Kier molecular flexibility index (Phi) is 28.5. The van der Waals surface area contributed by atoms with Crippen LogP contribution in [0.3, 0.4) is 0 Å². The van der Waals surface area contributed by atoms with Gasteiger partial charge in [-0.3, -0.25) is 0 Å². The minimum atomic E-state index is -0.355. The van der Waals surface area contributed by atoms with Crippen LogP contribution in [0.1, 0.15) is 114 Å². The van der Waals surface area contributed by atoms with E-state index in [1.165, 1.54) is 106 Å². The average Bonchev–Trinajstić information content (AvgIpc) is 3.54. The molecule has 10 heteroatoms. The van der Waals surface area contributed by atoms with Crippen LogP contribution in [0.2, 0.25) is 0 Å². The molecule has 0 heterocycles. The summed E-state index contributed by atoms with van der Waals surface area (Å²) in [5, 5.41) is 0. The smallest absolute Gasteiger partial charge is 0.409 e. The number of fused-ring (bicyclic) bond motifs is 3. The highest BCUT2D eigenvalue weighted by Gasteiger charge is 2.29. The van der Waals surface area contributed by atoms with E-state index < -0.39 is 0 Å². The number of amides is 1. The Morgan fingerprint density at radius 2 is 0.804 bits per heavy atom. The molecule has 56 heavy (non-hydrogen) atoms. The van der Waals surface area contributed by atoms with Gasteiger partial charge in [0.2, 0.25) is 0 Å². The summed E-state index contributed by atoms with van der Waals surface area (Å²) in [7, 11) is 1.72. The summed E-state index contributed by atoms with van der Waals surface area (Å²) in [5.41, 5.74) is 4.83. The number of likely N-dealkylation sites (N-methyl/N-ethyl adjacent to an activating group) is 1. The van der Waals surface area contributed by atoms with Crippen LogP contribution in [0.4, 0.5) is 4.79 Å². The van der Waals surface area contributed by atoms with Gasteiger partial charge in [0.05, 0.1) is 85.9 Å². The minimum Gasteiger partial charge on any atom is -0.448 e. The van der Waals surface area contributed by atoms with E-state index in [-0.39, 0.29) is 12.0 Å². The maximum absolute atomic E-state index is 12.6. The molecule has 0 aliphatic heterocycles. The van der Waals surface area contributed by atoms with E-state index in [1.54, 1.807) is 11.9 Å². The van der Waals surface area contributed by atoms with Crippen molar-refractivity contribution in [2.24, 2.45) is 0 Å². The zero-order valence-corrected chi connectivity index (χ0v) is 35.0. The van der Waals surface area contributed by atoms with Crippen molar-refractivity contribution in [2.75, 3.05) is 113 Å². The molecule has 1 amide bonds. The number of benzene rings is 2. The number of rotatable bonds is 38. The molecule has 0 atom stereocenters. The fourth-order valence-electron chi connectivity index (χ4n) is 6.82. The zero-order valence-electron chi connectivity index (χ0n) is 35.0. The summed E-state index contributed by atoms with van der Waals surface area (Å²) in [6, 6.07) is 16.6. The van der Waals surface area contributed by atoms with Crippen molar-refractivity contribution in [3.8, 4) is 11.1 Å². The number of hydrogen-bond donors (Lipinski definition) is 0. The standard InChI is InChI=1S/C46H75NO9/c1-3-4-5-6-7-8-9-10-11-12-13-14-15-20-26-49-28-30-51-32-34-53-36-38-55-39-37-54-35-33-52-31-29-50-27-25-47(2)46(48)56-40-45-43-23-18-16-21-41(43)42-22-17-19-24-44(42)45/h16-19,21-24,45H,3-15,20,25-40H2,1-2H3. The van der Waals surface area contributed by atoms with E-state index in [0.717, 1.165) is 13.0 Å². The number of nitrogens with zero attached hydrogens (tertiary/aromatic N) is 1. The quantitative estimate of drug-likeness (QED) is 0.0618. The lowest BCUT2D eigenvalue weighted by molar-refractivity contribution is -0.0209. The highest BCUT2D eigenvalue weighted by molar-refractivity contribution is 5.79. The first kappa shape index (κ1) is 47.8. The molecule has 10 nitrogen and oxygen atoms in total. The van der Waals surface area contributed by atoms with Crippen molar-refractivity contribution >= 4 is 6.09 Å². The molecule has 0 spiro atoms. The summed E-state index contributed by atoms with van der Waals surface area (Å²) >= 11 is 0. The molecule has 0 aromatic heterocycles. The number of ether oxygens (including phenoxy) is 8. The van der Waals surface area contributed by atoms with E-state index >= 15 is 0 Å². The largest absolute Gasteiger partial charge is 0.448 e. The van der Waals surface area contributed by atoms with Gasteiger partial charge in [0.25, 0.3) is 0 Å². The SMILES string of the molecule is CCCCCCCCCCCCCCCCOCCOCCOCCOCCOCCOCCOCCN(C)C(=O)OCC1c2ccccc2-c2ccccc21. The lowest BCUT2D eigenvalue weighted by Gasteiger charge is -2.19. The van der Waals surface area contributed by atoms with Crippen LogP contribution in [0.5, 0.6) is 0 Å². The van der Waals surface area contributed by atoms with Crippen molar-refractivity contribution in [1.29, 1.82) is 0 Å². The van der Waals surface area contributed by atoms with E-state index in [9.17, 15) is 4.79 Å². The Morgan fingerprint density at radius 3 is 1.21 bits per heavy atom. The van der Waals surface area contributed by atoms with E-state index in [4.69, 9.17) is 37.9 Å². The van der Waals surface area contributed by atoms with Gasteiger partial charge in [-0.2, -0.15) is 0 Å². The molecular formula is C46H75NO9. The number of hydrogen-bond acceptors (Lipinski definition) is 9. The molecule has 0 radical (unpaired) electrons. The van der Waals surface area contributed by atoms with Crippen LogP contribution in [0.15, 0.2) is 48.5 Å².